The number of carbonyl (C=O) groups excluding carboxylic acids is 1. The first-order valence-electron chi connectivity index (χ1n) is 6.82. The van der Waals surface area contributed by atoms with Crippen molar-refractivity contribution in [2.45, 2.75) is 13.8 Å². The Morgan fingerprint density at radius 3 is 2.62 bits per heavy atom. The summed E-state index contributed by atoms with van der Waals surface area (Å²) in [7, 11) is 0. The number of ether oxygens (including phenoxy) is 1. The van der Waals surface area contributed by atoms with Gasteiger partial charge in [0.15, 0.2) is 10.4 Å². The van der Waals surface area contributed by atoms with Gasteiger partial charge >= 0.3 is 0 Å². The summed E-state index contributed by atoms with van der Waals surface area (Å²) >= 11 is 2.02. The molecule has 2 rings (SSSR count). The number of benzene rings is 1. The largest absolute Gasteiger partial charge is 0.483 e. The van der Waals surface area contributed by atoms with Crippen LogP contribution in [0.3, 0.4) is 0 Å². The summed E-state index contributed by atoms with van der Waals surface area (Å²) < 4.78 is 11.4. The molecule has 0 aliphatic rings. The Kier molecular flexibility index (Phi) is 5.90. The van der Waals surface area contributed by atoms with Gasteiger partial charge in [0.25, 0.3) is 11.6 Å². The van der Waals surface area contributed by atoms with Gasteiger partial charge in [-0.3, -0.25) is 14.9 Å². The number of nitro benzene ring substituents is 1. The van der Waals surface area contributed by atoms with Crippen molar-refractivity contribution in [3.8, 4) is 5.75 Å². The molecular weight excluding hydrogens is 429 g/mol. The van der Waals surface area contributed by atoms with Gasteiger partial charge in [0.05, 0.1) is 11.1 Å². The fraction of sp³-hybridized carbons (Fsp3) is 0.200. The molecule has 0 spiro atoms. The zero-order valence-corrected chi connectivity index (χ0v) is 15.1. The molecule has 0 fully saturated rings. The topological polar surface area (TPSA) is 107 Å². The number of rotatable bonds is 6. The maximum atomic E-state index is 11.7. The minimum atomic E-state index is -0.471. The number of halogens is 1. The summed E-state index contributed by atoms with van der Waals surface area (Å²) in [6, 6.07) is 6.29. The predicted octanol–water partition coefficient (Wildman–Crippen LogP) is 2.94. The lowest BCUT2D eigenvalue weighted by Crippen LogP contribution is -2.25. The van der Waals surface area contributed by atoms with Gasteiger partial charge < -0.3 is 9.15 Å². The Morgan fingerprint density at radius 1 is 1.42 bits per heavy atom. The smallest absolute Gasteiger partial charge is 0.277 e. The normalized spacial score (nSPS) is 10.8. The van der Waals surface area contributed by atoms with E-state index >= 15 is 0 Å². The van der Waals surface area contributed by atoms with E-state index in [0.29, 0.717) is 26.4 Å². The Morgan fingerprint density at radius 2 is 2.08 bits per heavy atom. The lowest BCUT2D eigenvalue weighted by Gasteiger charge is -2.11. The molecule has 1 aromatic carbocycles. The summed E-state index contributed by atoms with van der Waals surface area (Å²) in [5.41, 5.74) is 3.47. The van der Waals surface area contributed by atoms with Crippen LogP contribution >= 0.6 is 22.6 Å². The molecule has 2 aromatic rings. The fourth-order valence-corrected chi connectivity index (χ4v) is 2.43. The minimum absolute atomic E-state index is 0.0144. The molecule has 1 N–H and O–H groups in total. The molecule has 1 aromatic heterocycles. The average Bonchev–Trinajstić information content (AvgIpc) is 2.91. The second-order valence-electron chi connectivity index (χ2n) is 4.89. The fourth-order valence-electron chi connectivity index (χ4n) is 2.00. The summed E-state index contributed by atoms with van der Waals surface area (Å²) in [6.07, 6.45) is 1.38. The number of furan rings is 1. The lowest BCUT2D eigenvalue weighted by atomic mass is 10.1. The van der Waals surface area contributed by atoms with Crippen molar-refractivity contribution in [2.75, 3.05) is 6.61 Å². The van der Waals surface area contributed by atoms with E-state index in [1.807, 2.05) is 22.6 Å². The van der Waals surface area contributed by atoms with Crippen molar-refractivity contribution in [3.63, 3.8) is 0 Å². The number of carbonyl (C=O) groups is 1. The first-order chi connectivity index (χ1) is 11.4. The molecule has 0 radical (unpaired) electrons. The molecule has 0 aliphatic heterocycles. The SMILES string of the molecule is Cc1cc([N+](=O)[O-])cc(C)c1OCC(=O)NN=Cc1ccc(I)o1. The third-order valence-electron chi connectivity index (χ3n) is 2.98. The van der Waals surface area contributed by atoms with E-state index in [-0.39, 0.29) is 12.3 Å². The molecule has 0 saturated heterocycles. The first kappa shape index (κ1) is 17.9. The number of amides is 1. The summed E-state index contributed by atoms with van der Waals surface area (Å²) in [5, 5.41) is 14.6. The molecule has 0 aliphatic carbocycles. The molecule has 1 amide bonds. The quantitative estimate of drug-likeness (QED) is 0.320. The number of aryl methyl sites for hydroxylation is 2. The van der Waals surface area contributed by atoms with Gasteiger partial charge in [0.1, 0.15) is 11.5 Å². The molecule has 8 nitrogen and oxygen atoms in total. The average molecular weight is 443 g/mol. The number of hydrazone groups is 1. The Hall–Kier alpha value is -2.43. The summed E-state index contributed by atoms with van der Waals surface area (Å²) in [5.74, 6) is 0.507. The van der Waals surface area contributed by atoms with E-state index in [4.69, 9.17) is 9.15 Å². The Labute approximate surface area is 151 Å². The van der Waals surface area contributed by atoms with Crippen molar-refractivity contribution in [1.29, 1.82) is 0 Å². The van der Waals surface area contributed by atoms with Crippen LogP contribution in [0.4, 0.5) is 5.69 Å². The van der Waals surface area contributed by atoms with Gasteiger partial charge in [-0.15, -0.1) is 0 Å². The number of hydrogen-bond donors (Lipinski definition) is 1. The highest BCUT2D eigenvalue weighted by atomic mass is 127. The maximum absolute atomic E-state index is 11.7. The maximum Gasteiger partial charge on any atom is 0.277 e. The lowest BCUT2D eigenvalue weighted by molar-refractivity contribution is -0.385. The molecule has 1 heterocycles. The van der Waals surface area contributed by atoms with E-state index in [1.54, 1.807) is 26.0 Å². The van der Waals surface area contributed by atoms with Gasteiger partial charge in [-0.1, -0.05) is 0 Å². The highest BCUT2D eigenvalue weighted by Gasteiger charge is 2.14. The number of hydrogen-bond acceptors (Lipinski definition) is 6. The molecule has 9 heteroatoms. The highest BCUT2D eigenvalue weighted by molar-refractivity contribution is 14.1. The highest BCUT2D eigenvalue weighted by Crippen LogP contribution is 2.28. The number of nitrogens with one attached hydrogen (secondary N) is 1. The second-order valence-corrected chi connectivity index (χ2v) is 5.95. The predicted molar refractivity (Wildman–Crippen MR) is 95.2 cm³/mol. The number of non-ortho nitro benzene ring substituents is 1. The van der Waals surface area contributed by atoms with Crippen LogP contribution in [0.5, 0.6) is 5.75 Å². The number of nitrogens with zero attached hydrogens (tertiary/aromatic N) is 2. The molecule has 126 valence electrons. The van der Waals surface area contributed by atoms with Gasteiger partial charge in [-0.2, -0.15) is 5.10 Å². The minimum Gasteiger partial charge on any atom is -0.483 e. The van der Waals surface area contributed by atoms with Gasteiger partial charge in [0.2, 0.25) is 0 Å². The zero-order valence-electron chi connectivity index (χ0n) is 12.9. The summed E-state index contributed by atoms with van der Waals surface area (Å²) in [4.78, 5) is 22.0. The van der Waals surface area contributed by atoms with E-state index in [1.165, 1.54) is 18.3 Å². The van der Waals surface area contributed by atoms with Gasteiger partial charge in [0, 0.05) is 12.1 Å². The molecular formula is C15H14IN3O5. The van der Waals surface area contributed by atoms with Crippen LogP contribution in [0.25, 0.3) is 0 Å². The molecule has 24 heavy (non-hydrogen) atoms. The van der Waals surface area contributed by atoms with E-state index in [0.717, 1.165) is 0 Å². The van der Waals surface area contributed by atoms with Crippen LogP contribution in [0.15, 0.2) is 33.8 Å². The second kappa shape index (κ2) is 7.90. The van der Waals surface area contributed by atoms with E-state index < -0.39 is 10.8 Å². The standard InChI is InChI=1S/C15H14IN3O5/c1-9-5-11(19(21)22)6-10(2)15(9)23-8-14(20)18-17-7-12-3-4-13(16)24-12/h3-7H,8H2,1-2H3,(H,18,20). The van der Waals surface area contributed by atoms with E-state index in [9.17, 15) is 14.9 Å². The van der Waals surface area contributed by atoms with Crippen LogP contribution < -0.4 is 10.2 Å². The van der Waals surface area contributed by atoms with Crippen molar-refractivity contribution >= 4 is 40.4 Å². The Balaban J connectivity index is 1.92. The van der Waals surface area contributed by atoms with Gasteiger partial charge in [-0.25, -0.2) is 5.43 Å². The number of nitro groups is 1. The summed E-state index contributed by atoms with van der Waals surface area (Å²) in [6.45, 7) is 3.11. The molecule has 0 unspecified atom stereocenters. The van der Waals surface area contributed by atoms with Crippen molar-refractivity contribution in [1.82, 2.24) is 5.43 Å². The van der Waals surface area contributed by atoms with Gasteiger partial charge in [-0.05, 0) is 59.7 Å². The van der Waals surface area contributed by atoms with Crippen LogP contribution in [0.2, 0.25) is 0 Å². The van der Waals surface area contributed by atoms with Crippen LogP contribution in [0, 0.1) is 27.7 Å². The van der Waals surface area contributed by atoms with Crippen molar-refractivity contribution in [2.24, 2.45) is 5.10 Å². The zero-order chi connectivity index (χ0) is 17.7. The molecule has 0 bridgehead atoms. The van der Waals surface area contributed by atoms with Crippen molar-refractivity contribution < 1.29 is 18.9 Å². The van der Waals surface area contributed by atoms with Crippen molar-refractivity contribution in [3.05, 3.63) is 55.0 Å². The van der Waals surface area contributed by atoms with Crippen LogP contribution in [0.1, 0.15) is 16.9 Å². The molecule has 0 saturated carbocycles. The first-order valence-corrected chi connectivity index (χ1v) is 7.90. The molecule has 0 atom stereocenters. The monoisotopic (exact) mass is 443 g/mol. The third-order valence-corrected chi connectivity index (χ3v) is 3.56. The van der Waals surface area contributed by atoms with Crippen LogP contribution in [-0.2, 0) is 4.79 Å². The van der Waals surface area contributed by atoms with Crippen LogP contribution in [-0.4, -0.2) is 23.7 Å². The third kappa shape index (κ3) is 4.78. The van der Waals surface area contributed by atoms with E-state index in [2.05, 4.69) is 10.5 Å². The Bertz CT molecular complexity index is 777.